The third-order valence-electron chi connectivity index (χ3n) is 3.62. The molecule has 0 atom stereocenters. The normalized spacial score (nSPS) is 14.6. The van der Waals surface area contributed by atoms with Crippen molar-refractivity contribution in [3.63, 3.8) is 0 Å². The number of hydrogen-bond acceptors (Lipinski definition) is 4. The Morgan fingerprint density at radius 2 is 1.36 bits per heavy atom. The number of rotatable bonds is 0. The highest BCUT2D eigenvalue weighted by atomic mass is 16.5. The number of aryl methyl sites for hydroxylation is 2. The summed E-state index contributed by atoms with van der Waals surface area (Å²) in [6.07, 6.45) is 0. The van der Waals surface area contributed by atoms with Crippen molar-refractivity contribution in [2.45, 2.75) is 13.8 Å². The van der Waals surface area contributed by atoms with Crippen molar-refractivity contribution in [3.05, 3.63) is 47.5 Å². The Kier molecular flexibility index (Phi) is 4.37. The predicted molar refractivity (Wildman–Crippen MR) is 90.3 cm³/mol. The van der Waals surface area contributed by atoms with Gasteiger partial charge >= 0.3 is 0 Å². The first-order chi connectivity index (χ1) is 10.7. The van der Waals surface area contributed by atoms with Crippen LogP contribution >= 0.6 is 0 Å². The summed E-state index contributed by atoms with van der Waals surface area (Å²) in [4.78, 5) is 0. The average Bonchev–Trinajstić information content (AvgIpc) is 2.55. The minimum absolute atomic E-state index is 0.774. The van der Waals surface area contributed by atoms with Crippen LogP contribution in [0.15, 0.2) is 36.4 Å². The largest absolute Gasteiger partial charge is 0.490 e. The number of nitrogens with one attached hydrogen (secondary N) is 2. The van der Waals surface area contributed by atoms with Crippen LogP contribution in [-0.2, 0) is 0 Å². The number of benzene rings is 2. The molecule has 0 saturated heterocycles. The second kappa shape index (κ2) is 6.60. The molecular weight excluding hydrogens is 276 g/mol. The van der Waals surface area contributed by atoms with Crippen molar-refractivity contribution in [2.24, 2.45) is 0 Å². The smallest absolute Gasteiger partial charge is 0.142 e. The van der Waals surface area contributed by atoms with E-state index in [9.17, 15) is 0 Å². The molecule has 0 saturated carbocycles. The minimum Gasteiger partial charge on any atom is -0.490 e. The molecule has 116 valence electrons. The highest BCUT2D eigenvalue weighted by Crippen LogP contribution is 2.28. The van der Waals surface area contributed by atoms with E-state index in [-0.39, 0.29) is 0 Å². The zero-order chi connectivity index (χ0) is 15.4. The van der Waals surface area contributed by atoms with E-state index in [1.165, 1.54) is 11.1 Å². The summed E-state index contributed by atoms with van der Waals surface area (Å²) in [6, 6.07) is 12.4. The van der Waals surface area contributed by atoms with Crippen LogP contribution in [0.2, 0.25) is 0 Å². The first-order valence-electron chi connectivity index (χ1n) is 7.67. The third-order valence-corrected chi connectivity index (χ3v) is 3.62. The van der Waals surface area contributed by atoms with Gasteiger partial charge in [0.05, 0.1) is 11.4 Å². The van der Waals surface area contributed by atoms with Gasteiger partial charge in [-0.15, -0.1) is 0 Å². The standard InChI is InChI=1S/2C9H11NO/c1-7-2-3-9-8(6-7)10-4-5-11-9;1-7-2-3-8-9(6-7)11-5-4-10-8/h2*2-3,6,10H,4-5H2,1H3. The van der Waals surface area contributed by atoms with Gasteiger partial charge in [-0.2, -0.15) is 0 Å². The summed E-state index contributed by atoms with van der Waals surface area (Å²) in [7, 11) is 0. The molecular formula is C18H22N2O2. The molecule has 4 nitrogen and oxygen atoms in total. The lowest BCUT2D eigenvalue weighted by atomic mass is 10.2. The molecule has 2 aromatic carbocycles. The molecule has 2 aromatic rings. The van der Waals surface area contributed by atoms with E-state index in [1.807, 2.05) is 6.07 Å². The van der Waals surface area contributed by atoms with Gasteiger partial charge in [-0.1, -0.05) is 12.1 Å². The molecule has 0 unspecified atom stereocenters. The van der Waals surface area contributed by atoms with Gasteiger partial charge in [0.1, 0.15) is 24.7 Å². The Hall–Kier alpha value is -2.36. The number of anilines is 2. The van der Waals surface area contributed by atoms with Crippen LogP contribution in [0.25, 0.3) is 0 Å². The van der Waals surface area contributed by atoms with Gasteiger partial charge in [-0.25, -0.2) is 0 Å². The SMILES string of the molecule is Cc1ccc2c(c1)NCCO2.Cc1ccc2c(c1)OCCN2. The summed E-state index contributed by atoms with van der Waals surface area (Å²) in [5.41, 5.74) is 4.74. The minimum atomic E-state index is 0.774. The number of ether oxygens (including phenoxy) is 2. The molecule has 2 aliphatic rings. The first kappa shape index (κ1) is 14.6. The Labute approximate surface area is 131 Å². The molecule has 0 bridgehead atoms. The van der Waals surface area contributed by atoms with Crippen molar-refractivity contribution in [3.8, 4) is 11.5 Å². The lowest BCUT2D eigenvalue weighted by Gasteiger charge is -2.18. The molecule has 4 heteroatoms. The van der Waals surface area contributed by atoms with E-state index in [0.29, 0.717) is 0 Å². The topological polar surface area (TPSA) is 42.5 Å². The third kappa shape index (κ3) is 3.45. The first-order valence-corrected chi connectivity index (χ1v) is 7.67. The Morgan fingerprint density at radius 1 is 0.727 bits per heavy atom. The van der Waals surface area contributed by atoms with E-state index in [1.54, 1.807) is 0 Å². The van der Waals surface area contributed by atoms with Crippen LogP contribution in [-0.4, -0.2) is 26.3 Å². The van der Waals surface area contributed by atoms with E-state index in [0.717, 1.165) is 49.2 Å². The van der Waals surface area contributed by atoms with Crippen LogP contribution in [0, 0.1) is 13.8 Å². The van der Waals surface area contributed by atoms with Crippen LogP contribution in [0.5, 0.6) is 11.5 Å². The maximum absolute atomic E-state index is 5.44. The number of hydrogen-bond donors (Lipinski definition) is 2. The molecule has 2 aliphatic heterocycles. The second-order valence-corrected chi connectivity index (χ2v) is 5.55. The van der Waals surface area contributed by atoms with Crippen molar-refractivity contribution >= 4 is 11.4 Å². The van der Waals surface area contributed by atoms with Crippen LogP contribution in [0.1, 0.15) is 11.1 Å². The molecule has 0 amide bonds. The fourth-order valence-electron chi connectivity index (χ4n) is 2.50. The molecule has 2 heterocycles. The molecule has 0 aromatic heterocycles. The van der Waals surface area contributed by atoms with Gasteiger partial charge in [0.15, 0.2) is 0 Å². The lowest BCUT2D eigenvalue weighted by molar-refractivity contribution is 0.323. The van der Waals surface area contributed by atoms with Crippen molar-refractivity contribution < 1.29 is 9.47 Å². The van der Waals surface area contributed by atoms with Gasteiger partial charge in [-0.05, 0) is 49.2 Å². The summed E-state index contributed by atoms with van der Waals surface area (Å²) in [6.45, 7) is 7.52. The maximum Gasteiger partial charge on any atom is 0.142 e. The summed E-state index contributed by atoms with van der Waals surface area (Å²) in [5, 5.41) is 6.54. The van der Waals surface area contributed by atoms with E-state index < -0.39 is 0 Å². The fraction of sp³-hybridized carbons (Fsp3) is 0.333. The van der Waals surface area contributed by atoms with Crippen LogP contribution in [0.4, 0.5) is 11.4 Å². The lowest BCUT2D eigenvalue weighted by Crippen LogP contribution is -2.17. The average molecular weight is 298 g/mol. The summed E-state index contributed by atoms with van der Waals surface area (Å²) < 4.78 is 10.9. The Morgan fingerprint density at radius 3 is 2.18 bits per heavy atom. The van der Waals surface area contributed by atoms with Gasteiger partial charge < -0.3 is 20.1 Å². The summed E-state index contributed by atoms with van der Waals surface area (Å²) >= 11 is 0. The number of fused-ring (bicyclic) bond motifs is 2. The van der Waals surface area contributed by atoms with Crippen LogP contribution in [0.3, 0.4) is 0 Å². The van der Waals surface area contributed by atoms with Gasteiger partial charge in [0, 0.05) is 13.1 Å². The van der Waals surface area contributed by atoms with Gasteiger partial charge in [-0.3, -0.25) is 0 Å². The molecule has 2 N–H and O–H groups in total. The van der Waals surface area contributed by atoms with E-state index in [4.69, 9.17) is 9.47 Å². The highest BCUT2D eigenvalue weighted by Gasteiger charge is 2.08. The molecule has 0 radical (unpaired) electrons. The Balaban J connectivity index is 0.000000131. The maximum atomic E-state index is 5.44. The van der Waals surface area contributed by atoms with Gasteiger partial charge in [0.25, 0.3) is 0 Å². The fourth-order valence-corrected chi connectivity index (χ4v) is 2.50. The predicted octanol–water partition coefficient (Wildman–Crippen LogP) is 3.60. The van der Waals surface area contributed by atoms with Gasteiger partial charge in [0.2, 0.25) is 0 Å². The second-order valence-electron chi connectivity index (χ2n) is 5.55. The zero-order valence-electron chi connectivity index (χ0n) is 13.1. The molecule has 0 fully saturated rings. The van der Waals surface area contributed by atoms with Crippen LogP contribution < -0.4 is 20.1 Å². The summed E-state index contributed by atoms with van der Waals surface area (Å²) in [5.74, 6) is 1.96. The molecule has 0 aliphatic carbocycles. The van der Waals surface area contributed by atoms with Crippen molar-refractivity contribution in [1.29, 1.82) is 0 Å². The quantitative estimate of drug-likeness (QED) is 0.780. The molecule has 0 spiro atoms. The molecule has 4 rings (SSSR count). The monoisotopic (exact) mass is 298 g/mol. The van der Waals surface area contributed by atoms with Crippen molar-refractivity contribution in [2.75, 3.05) is 36.9 Å². The van der Waals surface area contributed by atoms with Crippen molar-refractivity contribution in [1.82, 2.24) is 0 Å². The van der Waals surface area contributed by atoms with E-state index in [2.05, 4.69) is 54.8 Å². The Bertz CT molecular complexity index is 598. The molecule has 22 heavy (non-hydrogen) atoms. The zero-order valence-corrected chi connectivity index (χ0v) is 13.1. The van der Waals surface area contributed by atoms with E-state index >= 15 is 0 Å². The highest BCUT2D eigenvalue weighted by molar-refractivity contribution is 5.59.